The van der Waals surface area contributed by atoms with Crippen LogP contribution in [0.4, 0.5) is 4.79 Å². The fraction of sp³-hybridized carbons (Fsp3) is 0.793. The molecule has 1 saturated heterocycles. The van der Waals surface area contributed by atoms with Crippen LogP contribution in [0.2, 0.25) is 0 Å². The van der Waals surface area contributed by atoms with Gasteiger partial charge in [0.05, 0.1) is 52.9 Å². The number of nitrogens with zero attached hydrogens (tertiary/aromatic N) is 1. The number of hydrogen-bond donors (Lipinski definition) is 5. The second kappa shape index (κ2) is 24.0. The molecule has 1 aliphatic rings. The number of likely N-dealkylation sites (tertiary alicyclic amines) is 1. The number of amides is 7. The fourth-order valence-corrected chi connectivity index (χ4v) is 4.17. The molecule has 0 spiro atoms. The number of urea groups is 1. The molecule has 45 heavy (non-hydrogen) atoms. The quantitative estimate of drug-likeness (QED) is 0.0583. The van der Waals surface area contributed by atoms with Gasteiger partial charge in [-0.05, 0) is 25.7 Å². The largest absolute Gasteiger partial charge is 0.379 e. The predicted octanol–water partition coefficient (Wildman–Crippen LogP) is -0.808. The second-order valence-electron chi connectivity index (χ2n) is 10.9. The number of hydrogen-bond acceptors (Lipinski definition) is 10. The van der Waals surface area contributed by atoms with Gasteiger partial charge >= 0.3 is 6.03 Å². The third kappa shape index (κ3) is 19.6. The molecule has 0 radical (unpaired) electrons. The van der Waals surface area contributed by atoms with E-state index in [0.717, 1.165) is 4.90 Å². The van der Waals surface area contributed by atoms with Crippen molar-refractivity contribution in [3.05, 3.63) is 0 Å². The molecular formula is C29H52N6O10. The number of ether oxygens (including phenoxy) is 4. The van der Waals surface area contributed by atoms with Crippen LogP contribution in [-0.2, 0) is 42.9 Å². The molecule has 6 N–H and O–H groups in total. The Bertz CT molecular complexity index is 919. The van der Waals surface area contributed by atoms with Gasteiger partial charge in [0.25, 0.3) is 0 Å². The highest BCUT2D eigenvalue weighted by atomic mass is 16.6. The third-order valence-electron chi connectivity index (χ3n) is 6.64. The van der Waals surface area contributed by atoms with E-state index in [9.17, 15) is 28.8 Å². The van der Waals surface area contributed by atoms with E-state index in [4.69, 9.17) is 24.7 Å². The number of nitrogens with one attached hydrogen (secondary N) is 4. The molecule has 258 valence electrons. The van der Waals surface area contributed by atoms with Gasteiger partial charge in [-0.25, -0.2) is 4.79 Å². The van der Waals surface area contributed by atoms with Crippen molar-refractivity contribution in [2.45, 2.75) is 71.4 Å². The van der Waals surface area contributed by atoms with Crippen LogP contribution in [-0.4, -0.2) is 125 Å². The summed E-state index contributed by atoms with van der Waals surface area (Å²) in [4.78, 5) is 71.7. The first kappa shape index (κ1) is 39.7. The summed E-state index contributed by atoms with van der Waals surface area (Å²) in [5.74, 6) is -1.36. The smallest absolute Gasteiger partial charge is 0.312 e. The van der Waals surface area contributed by atoms with Crippen LogP contribution < -0.4 is 27.0 Å². The predicted molar refractivity (Wildman–Crippen MR) is 163 cm³/mol. The van der Waals surface area contributed by atoms with Crippen LogP contribution >= 0.6 is 0 Å². The lowest BCUT2D eigenvalue weighted by Gasteiger charge is -2.24. The summed E-state index contributed by atoms with van der Waals surface area (Å²) in [6, 6.07) is -1.38. The van der Waals surface area contributed by atoms with Gasteiger partial charge in [0.2, 0.25) is 29.5 Å². The Morgan fingerprint density at radius 1 is 0.733 bits per heavy atom. The summed E-state index contributed by atoms with van der Waals surface area (Å²) in [5.41, 5.74) is 5.03. The van der Waals surface area contributed by atoms with E-state index in [1.807, 2.05) is 20.8 Å². The summed E-state index contributed by atoms with van der Waals surface area (Å²) < 4.78 is 21.7. The number of imide groups is 1. The SMILES string of the molecule is CC(C)[C@H](NC(=O)CCOCCOCCOCCOCCNC(=O)CCN1C(=O)CCC1=O)C(=O)N[C@H](C)CCCNC(N)=O. The minimum absolute atomic E-state index is 0.0714. The number of carbonyl (C=O) groups is 6. The number of carbonyl (C=O) groups excluding carboxylic acids is 6. The van der Waals surface area contributed by atoms with Crippen molar-refractivity contribution >= 4 is 35.6 Å². The Labute approximate surface area is 265 Å². The van der Waals surface area contributed by atoms with Crippen molar-refractivity contribution in [2.24, 2.45) is 11.7 Å². The van der Waals surface area contributed by atoms with Crippen molar-refractivity contribution in [3.8, 4) is 0 Å². The van der Waals surface area contributed by atoms with E-state index in [0.29, 0.717) is 72.2 Å². The molecule has 0 aromatic heterocycles. The van der Waals surface area contributed by atoms with Crippen LogP contribution in [0.15, 0.2) is 0 Å². The molecule has 1 heterocycles. The molecule has 16 nitrogen and oxygen atoms in total. The molecular weight excluding hydrogens is 592 g/mol. The van der Waals surface area contributed by atoms with Crippen LogP contribution in [0.1, 0.15) is 59.3 Å². The third-order valence-corrected chi connectivity index (χ3v) is 6.64. The van der Waals surface area contributed by atoms with Gasteiger partial charge in [-0.2, -0.15) is 0 Å². The highest BCUT2D eigenvalue weighted by Crippen LogP contribution is 2.11. The number of nitrogens with two attached hydrogens (primary N) is 1. The highest BCUT2D eigenvalue weighted by Gasteiger charge is 2.28. The Hall–Kier alpha value is -3.34. The normalized spacial score (nSPS) is 14.4. The van der Waals surface area contributed by atoms with Crippen molar-refractivity contribution < 1.29 is 47.7 Å². The monoisotopic (exact) mass is 644 g/mol. The lowest BCUT2D eigenvalue weighted by molar-refractivity contribution is -0.138. The summed E-state index contributed by atoms with van der Waals surface area (Å²) in [6.45, 7) is 9.04. The first-order chi connectivity index (χ1) is 21.5. The first-order valence-electron chi connectivity index (χ1n) is 15.5. The average molecular weight is 645 g/mol. The van der Waals surface area contributed by atoms with Crippen molar-refractivity contribution in [1.82, 2.24) is 26.2 Å². The average Bonchev–Trinajstić information content (AvgIpc) is 3.30. The van der Waals surface area contributed by atoms with E-state index in [1.165, 1.54) is 0 Å². The maximum Gasteiger partial charge on any atom is 0.312 e. The molecule has 1 fully saturated rings. The lowest BCUT2D eigenvalue weighted by atomic mass is 10.0. The summed E-state index contributed by atoms with van der Waals surface area (Å²) in [7, 11) is 0. The number of rotatable bonds is 26. The van der Waals surface area contributed by atoms with Gasteiger partial charge in [0, 0.05) is 51.4 Å². The minimum atomic E-state index is -0.671. The molecule has 0 aromatic carbocycles. The summed E-state index contributed by atoms with van der Waals surface area (Å²) in [6.07, 6.45) is 1.93. The molecule has 0 saturated carbocycles. The second-order valence-corrected chi connectivity index (χ2v) is 10.9. The van der Waals surface area contributed by atoms with Gasteiger partial charge in [0.1, 0.15) is 6.04 Å². The molecule has 1 rings (SSSR count). The van der Waals surface area contributed by atoms with Crippen LogP contribution in [0, 0.1) is 5.92 Å². The lowest BCUT2D eigenvalue weighted by Crippen LogP contribution is -2.51. The van der Waals surface area contributed by atoms with Crippen LogP contribution in [0.5, 0.6) is 0 Å². The Balaban J connectivity index is 1.96. The topological polar surface area (TPSA) is 217 Å². The standard InChI is InChI=1S/C29H52N6O10/c1-21(2)27(28(40)33-22(3)5-4-10-32-29(30)41)34-24(37)9-13-42-15-17-44-19-20-45-18-16-43-14-11-31-23(36)8-12-35-25(38)6-7-26(35)39/h21-22,27H,4-20H2,1-3H3,(H,31,36)(H,33,40)(H,34,37)(H3,30,32,41)/t22-,27+/m1/s1. The van der Waals surface area contributed by atoms with E-state index in [-0.39, 0.29) is 80.3 Å². The zero-order valence-corrected chi connectivity index (χ0v) is 26.9. The zero-order chi connectivity index (χ0) is 33.5. The maximum absolute atomic E-state index is 12.7. The van der Waals surface area contributed by atoms with Gasteiger partial charge in [-0.1, -0.05) is 13.8 Å². The fourth-order valence-electron chi connectivity index (χ4n) is 4.17. The van der Waals surface area contributed by atoms with Crippen LogP contribution in [0.25, 0.3) is 0 Å². The highest BCUT2D eigenvalue weighted by molar-refractivity contribution is 6.02. The van der Waals surface area contributed by atoms with Crippen molar-refractivity contribution in [2.75, 3.05) is 72.5 Å². The van der Waals surface area contributed by atoms with Crippen molar-refractivity contribution in [3.63, 3.8) is 0 Å². The van der Waals surface area contributed by atoms with Gasteiger partial charge in [-0.3, -0.25) is 28.9 Å². The molecule has 0 bridgehead atoms. The summed E-state index contributed by atoms with van der Waals surface area (Å²) >= 11 is 0. The molecule has 16 heteroatoms. The number of primary amides is 1. The molecule has 0 aliphatic carbocycles. The zero-order valence-electron chi connectivity index (χ0n) is 26.9. The molecule has 7 amide bonds. The van der Waals surface area contributed by atoms with Gasteiger partial charge < -0.3 is 45.9 Å². The van der Waals surface area contributed by atoms with E-state index in [1.54, 1.807) is 0 Å². The molecule has 0 unspecified atom stereocenters. The van der Waals surface area contributed by atoms with Gasteiger partial charge in [0.15, 0.2) is 0 Å². The molecule has 2 atom stereocenters. The first-order valence-corrected chi connectivity index (χ1v) is 15.5. The summed E-state index contributed by atoms with van der Waals surface area (Å²) in [5, 5.41) is 10.9. The van der Waals surface area contributed by atoms with E-state index < -0.39 is 12.1 Å². The van der Waals surface area contributed by atoms with Gasteiger partial charge in [-0.15, -0.1) is 0 Å². The molecule has 0 aromatic rings. The Morgan fingerprint density at radius 3 is 1.84 bits per heavy atom. The Morgan fingerprint density at radius 2 is 1.29 bits per heavy atom. The van der Waals surface area contributed by atoms with Crippen LogP contribution in [0.3, 0.4) is 0 Å². The maximum atomic E-state index is 12.7. The minimum Gasteiger partial charge on any atom is -0.379 e. The molecule has 1 aliphatic heterocycles. The Kier molecular flexibility index (Phi) is 21.1. The van der Waals surface area contributed by atoms with E-state index >= 15 is 0 Å². The van der Waals surface area contributed by atoms with Crippen molar-refractivity contribution in [1.29, 1.82) is 0 Å². The van der Waals surface area contributed by atoms with E-state index in [2.05, 4.69) is 21.3 Å².